The zero-order chi connectivity index (χ0) is 32.3. The monoisotopic (exact) mass is 566 g/mol. The minimum absolute atomic E-state index is 0. The van der Waals surface area contributed by atoms with E-state index in [-0.39, 0.29) is 80.2 Å². The molecule has 0 saturated carbocycles. The van der Waals surface area contributed by atoms with Crippen molar-refractivity contribution < 1.29 is 99.4 Å². The van der Waals surface area contributed by atoms with Crippen molar-refractivity contribution in [2.24, 2.45) is 0 Å². The fourth-order valence-electron chi connectivity index (χ4n) is 3.46. The molecule has 13 heteroatoms. The Bertz CT molecular complexity index is 937. The van der Waals surface area contributed by atoms with E-state index in [1.54, 1.807) is 0 Å². The third-order valence-electron chi connectivity index (χ3n) is 7.97. The van der Waals surface area contributed by atoms with E-state index in [4.69, 9.17) is 48.0 Å². The fraction of sp³-hybridized carbons (Fsp3) is 0.880. The van der Waals surface area contributed by atoms with E-state index in [9.17, 15) is 0 Å². The standard InChI is InChI=1S/C12H24B2O4.C11H19BO3.C2H4O2.K/c1-9(2)10(3,4)16-13(15-9)14-17-11(5,6)12(7,8)18-14;1-10(2)11(3,4)15-12(14-10)9-5-7-13-8-6-9;1-2(3)4;/h1-8H3;5H,6-8H2,1-4H3;1H3,(H,3,4);/q;;;+1/p-1/i;7D2,8D2;;. The van der Waals surface area contributed by atoms with Gasteiger partial charge in [0, 0.05) is 5.97 Å². The third kappa shape index (κ3) is 8.64. The van der Waals surface area contributed by atoms with Crippen LogP contribution in [-0.2, 0) is 37.5 Å². The second-order valence-corrected chi connectivity index (χ2v) is 12.6. The van der Waals surface area contributed by atoms with Crippen LogP contribution in [0, 0.1) is 0 Å². The molecule has 0 amide bonds. The number of rotatable bonds is 2. The van der Waals surface area contributed by atoms with Crippen LogP contribution < -0.4 is 56.5 Å². The maximum atomic E-state index is 8.89. The zero-order valence-electron chi connectivity index (χ0n) is 29.7. The molecule has 210 valence electrons. The van der Waals surface area contributed by atoms with E-state index in [0.29, 0.717) is 5.47 Å². The summed E-state index contributed by atoms with van der Waals surface area (Å²) in [5.74, 6) is -1.08. The van der Waals surface area contributed by atoms with Crippen molar-refractivity contribution in [3.63, 3.8) is 0 Å². The molecule has 0 unspecified atom stereocenters. The van der Waals surface area contributed by atoms with Crippen LogP contribution in [0.4, 0.5) is 0 Å². The first-order valence-corrected chi connectivity index (χ1v) is 12.6. The Morgan fingerprint density at radius 3 is 1.32 bits per heavy atom. The molecule has 0 radical (unpaired) electrons. The van der Waals surface area contributed by atoms with Crippen LogP contribution in [0.5, 0.6) is 0 Å². The number of carbonyl (C=O) groups is 1. The summed E-state index contributed by atoms with van der Waals surface area (Å²) < 4.78 is 70.6. The van der Waals surface area contributed by atoms with Gasteiger partial charge < -0.3 is 42.6 Å². The average Bonchev–Trinajstić information content (AvgIpc) is 3.14. The van der Waals surface area contributed by atoms with Crippen molar-refractivity contribution in [2.45, 2.75) is 130 Å². The Morgan fingerprint density at radius 2 is 1.03 bits per heavy atom. The fourth-order valence-corrected chi connectivity index (χ4v) is 3.46. The molecule has 0 aliphatic carbocycles. The Hall–Kier alpha value is 0.761. The Balaban J connectivity index is 0.000000365. The predicted molar refractivity (Wildman–Crippen MR) is 142 cm³/mol. The predicted octanol–water partition coefficient (Wildman–Crippen LogP) is -0.0261. The molecular weight excluding hydrogens is 516 g/mol. The van der Waals surface area contributed by atoms with Crippen molar-refractivity contribution in [3.05, 3.63) is 11.5 Å². The minimum atomic E-state index is -2.15. The average molecular weight is 566 g/mol. The van der Waals surface area contributed by atoms with Crippen molar-refractivity contribution >= 4 is 27.1 Å². The van der Waals surface area contributed by atoms with Gasteiger partial charge in [-0.25, -0.2) is 0 Å². The smallest absolute Gasteiger partial charge is 0.550 e. The van der Waals surface area contributed by atoms with Gasteiger partial charge in [0.2, 0.25) is 0 Å². The van der Waals surface area contributed by atoms with Crippen LogP contribution in [0.2, 0.25) is 0 Å². The molecule has 4 heterocycles. The quantitative estimate of drug-likeness (QED) is 0.427. The summed E-state index contributed by atoms with van der Waals surface area (Å²) >= 11 is 0. The van der Waals surface area contributed by atoms with Crippen LogP contribution in [-0.4, -0.2) is 73.8 Å². The van der Waals surface area contributed by atoms with Crippen LogP contribution in [0.1, 0.15) is 102 Å². The SMILES string of the molecule is CC(=O)[O-].CC1(C)OB(B2OC(C)(C)C(C)(C)O2)OC1(C)C.[2H]C1([2H])C=C(B2OC(C)(C)C(C)(C)O2)CC([2H])([2H])O1.[K+]. The van der Waals surface area contributed by atoms with Crippen LogP contribution in [0.3, 0.4) is 0 Å². The largest absolute Gasteiger partial charge is 1.00 e. The Kier molecular flexibility index (Phi) is 10.3. The van der Waals surface area contributed by atoms with Gasteiger partial charge in [0.25, 0.3) is 0 Å². The third-order valence-corrected chi connectivity index (χ3v) is 7.97. The molecule has 9 nitrogen and oxygen atoms in total. The number of carboxylic acid groups (broad SMARTS) is 1. The van der Waals surface area contributed by atoms with Gasteiger partial charge in [0.05, 0.1) is 52.2 Å². The molecule has 0 aromatic rings. The van der Waals surface area contributed by atoms with Crippen molar-refractivity contribution in [1.82, 2.24) is 0 Å². The summed E-state index contributed by atoms with van der Waals surface area (Å²) in [4.78, 5) is 8.89. The van der Waals surface area contributed by atoms with Crippen molar-refractivity contribution in [1.29, 1.82) is 0 Å². The van der Waals surface area contributed by atoms with Gasteiger partial charge in [-0.1, -0.05) is 6.08 Å². The number of hydrogen-bond donors (Lipinski definition) is 0. The van der Waals surface area contributed by atoms with E-state index < -0.39 is 51.4 Å². The van der Waals surface area contributed by atoms with Crippen LogP contribution >= 0.6 is 0 Å². The second kappa shape index (κ2) is 13.0. The molecule has 0 atom stereocenters. The van der Waals surface area contributed by atoms with Crippen molar-refractivity contribution in [2.75, 3.05) is 13.1 Å². The summed E-state index contributed by atoms with van der Waals surface area (Å²) in [5.41, 5.74) is -2.06. The number of carboxylic acids is 1. The van der Waals surface area contributed by atoms with Crippen LogP contribution in [0.15, 0.2) is 11.5 Å². The molecule has 3 saturated heterocycles. The number of aliphatic carboxylic acids is 1. The van der Waals surface area contributed by atoms with Gasteiger partial charge in [0.15, 0.2) is 0 Å². The first-order valence-electron chi connectivity index (χ1n) is 14.6. The molecule has 3 fully saturated rings. The molecule has 0 spiro atoms. The summed E-state index contributed by atoms with van der Waals surface area (Å²) in [6.45, 7) is 20.6. The van der Waals surface area contributed by atoms with E-state index in [2.05, 4.69) is 0 Å². The molecule has 4 rings (SSSR count). The first-order chi connectivity index (χ1) is 18.0. The van der Waals surface area contributed by atoms with E-state index in [1.807, 2.05) is 83.1 Å². The van der Waals surface area contributed by atoms with Gasteiger partial charge in [0.1, 0.15) is 0 Å². The maximum Gasteiger partial charge on any atom is 1.00 e. The molecule has 38 heavy (non-hydrogen) atoms. The minimum Gasteiger partial charge on any atom is -0.550 e. The van der Waals surface area contributed by atoms with Gasteiger partial charge in [-0.05, 0) is 102 Å². The normalized spacial score (nSPS) is 31.5. The molecule has 0 aromatic heterocycles. The Morgan fingerprint density at radius 1 is 0.737 bits per heavy atom. The maximum absolute atomic E-state index is 8.89. The van der Waals surface area contributed by atoms with E-state index >= 15 is 0 Å². The van der Waals surface area contributed by atoms with Crippen molar-refractivity contribution in [3.8, 4) is 0 Å². The van der Waals surface area contributed by atoms with E-state index in [0.717, 1.165) is 6.92 Å². The molecule has 0 bridgehead atoms. The topological polar surface area (TPSA) is 105 Å². The van der Waals surface area contributed by atoms with E-state index in [1.165, 1.54) is 6.08 Å². The van der Waals surface area contributed by atoms with Gasteiger partial charge in [-0.3, -0.25) is 0 Å². The van der Waals surface area contributed by atoms with Gasteiger partial charge in [-0.15, -0.1) is 0 Å². The summed E-state index contributed by atoms with van der Waals surface area (Å²) in [6, 6.07) is 0. The Labute approximate surface area is 279 Å². The number of carbonyl (C=O) groups excluding carboxylic acids is 1. The summed E-state index contributed by atoms with van der Waals surface area (Å²) in [5, 5.41) is 8.89. The molecule has 0 aromatic carbocycles. The molecule has 4 aliphatic heterocycles. The molecule has 4 aliphatic rings. The second-order valence-electron chi connectivity index (χ2n) is 12.6. The summed E-state index contributed by atoms with van der Waals surface area (Å²) in [7, 11) is -1.69. The molecular formula is C25H46B3KO9. The van der Waals surface area contributed by atoms with Gasteiger partial charge in [-0.2, -0.15) is 0 Å². The molecule has 0 N–H and O–H groups in total. The number of ether oxygens (including phenoxy) is 1. The summed E-state index contributed by atoms with van der Waals surface area (Å²) in [6.07, 6.45) is 1.18. The number of hydrogen-bond acceptors (Lipinski definition) is 9. The first kappa shape index (κ1) is 30.2. The van der Waals surface area contributed by atoms with Gasteiger partial charge >= 0.3 is 72.5 Å². The van der Waals surface area contributed by atoms with Crippen LogP contribution in [0.25, 0.3) is 0 Å². The zero-order valence-corrected chi connectivity index (χ0v) is 28.8.